The van der Waals surface area contributed by atoms with Crippen LogP contribution in [0.15, 0.2) is 72.8 Å². The number of rotatable bonds is 6. The highest BCUT2D eigenvalue weighted by Gasteiger charge is 2.31. The number of benzene rings is 3. The summed E-state index contributed by atoms with van der Waals surface area (Å²) in [5.41, 5.74) is 1.78. The van der Waals surface area contributed by atoms with E-state index < -0.39 is 0 Å². The zero-order chi connectivity index (χ0) is 19.3. The molecule has 1 fully saturated rings. The van der Waals surface area contributed by atoms with Crippen molar-refractivity contribution >= 4 is 22.5 Å². The molecule has 1 atom stereocenters. The Labute approximate surface area is 165 Å². The first kappa shape index (κ1) is 18.4. The summed E-state index contributed by atoms with van der Waals surface area (Å²) < 4.78 is 0. The lowest BCUT2D eigenvalue weighted by Gasteiger charge is -2.23. The smallest absolute Gasteiger partial charge is 0.237 e. The third-order valence-corrected chi connectivity index (χ3v) is 5.39. The van der Waals surface area contributed by atoms with E-state index in [1.54, 1.807) is 0 Å². The lowest BCUT2D eigenvalue weighted by molar-refractivity contribution is -0.125. The van der Waals surface area contributed by atoms with Gasteiger partial charge < -0.3 is 5.32 Å². The molecule has 0 spiro atoms. The normalized spacial score (nSPS) is 16.9. The summed E-state index contributed by atoms with van der Waals surface area (Å²) in [7, 11) is 0. The zero-order valence-electron chi connectivity index (χ0n) is 15.8. The van der Waals surface area contributed by atoms with Crippen LogP contribution in [0.3, 0.4) is 0 Å². The summed E-state index contributed by atoms with van der Waals surface area (Å²) in [6.45, 7) is 1.58. The van der Waals surface area contributed by atoms with Crippen molar-refractivity contribution in [1.82, 2.24) is 10.2 Å². The average Bonchev–Trinajstić information content (AvgIpc) is 3.20. The van der Waals surface area contributed by atoms with Crippen LogP contribution in [0.2, 0.25) is 0 Å². The lowest BCUT2D eigenvalue weighted by Crippen LogP contribution is -2.44. The van der Waals surface area contributed by atoms with E-state index in [0.29, 0.717) is 12.1 Å². The van der Waals surface area contributed by atoms with Gasteiger partial charge in [-0.05, 0) is 41.8 Å². The second-order valence-electron chi connectivity index (χ2n) is 7.32. The molecule has 142 valence electrons. The summed E-state index contributed by atoms with van der Waals surface area (Å²) in [6.07, 6.45) is 1.74. The van der Waals surface area contributed by atoms with Gasteiger partial charge in [0.05, 0.1) is 12.6 Å². The van der Waals surface area contributed by atoms with Gasteiger partial charge in [-0.3, -0.25) is 14.5 Å². The van der Waals surface area contributed by atoms with Crippen LogP contribution >= 0.6 is 0 Å². The second kappa shape index (κ2) is 8.36. The molecule has 1 aliphatic heterocycles. The lowest BCUT2D eigenvalue weighted by atomic mass is 10.0. The standard InChI is InChI=1S/C24H24N2O2/c27-23(21-13-12-19-9-4-5-10-20(19)15-21)17-26-14-6-11-22(26)24(28)25-16-18-7-2-1-3-8-18/h1-5,7-10,12-13,15,22H,6,11,14,16-17H2,(H,25,28)/t22-/m0/s1. The molecule has 0 aliphatic carbocycles. The molecule has 4 heteroatoms. The van der Waals surface area contributed by atoms with E-state index in [9.17, 15) is 9.59 Å². The summed E-state index contributed by atoms with van der Waals surface area (Å²) >= 11 is 0. The molecule has 0 aromatic heterocycles. The number of fused-ring (bicyclic) bond motifs is 1. The van der Waals surface area contributed by atoms with Gasteiger partial charge in [0.1, 0.15) is 0 Å². The number of amides is 1. The molecule has 1 amide bonds. The van der Waals surface area contributed by atoms with Crippen molar-refractivity contribution < 1.29 is 9.59 Å². The molecule has 4 nitrogen and oxygen atoms in total. The summed E-state index contributed by atoms with van der Waals surface area (Å²) in [5.74, 6) is 0.0705. The van der Waals surface area contributed by atoms with E-state index in [-0.39, 0.29) is 24.3 Å². The first-order chi connectivity index (χ1) is 13.7. The highest BCUT2D eigenvalue weighted by atomic mass is 16.2. The van der Waals surface area contributed by atoms with Gasteiger partial charge in [-0.1, -0.05) is 66.7 Å². The molecule has 28 heavy (non-hydrogen) atoms. The molecule has 1 heterocycles. The van der Waals surface area contributed by atoms with Gasteiger partial charge in [0.2, 0.25) is 5.91 Å². The Morgan fingerprint density at radius 3 is 2.50 bits per heavy atom. The Kier molecular flexibility index (Phi) is 5.49. The van der Waals surface area contributed by atoms with Crippen LogP contribution < -0.4 is 5.32 Å². The van der Waals surface area contributed by atoms with Crippen molar-refractivity contribution in [2.75, 3.05) is 13.1 Å². The Morgan fingerprint density at radius 1 is 0.929 bits per heavy atom. The van der Waals surface area contributed by atoms with Crippen LogP contribution in [0.5, 0.6) is 0 Å². The van der Waals surface area contributed by atoms with Crippen molar-refractivity contribution in [1.29, 1.82) is 0 Å². The molecular formula is C24H24N2O2. The quantitative estimate of drug-likeness (QED) is 0.670. The van der Waals surface area contributed by atoms with E-state index in [4.69, 9.17) is 0 Å². The summed E-state index contributed by atoms with van der Waals surface area (Å²) in [6, 6.07) is 23.5. The van der Waals surface area contributed by atoms with Crippen LogP contribution in [0.25, 0.3) is 10.8 Å². The predicted octanol–water partition coefficient (Wildman–Crippen LogP) is 3.80. The maximum Gasteiger partial charge on any atom is 0.237 e. The van der Waals surface area contributed by atoms with E-state index >= 15 is 0 Å². The molecule has 1 N–H and O–H groups in total. The van der Waals surface area contributed by atoms with Crippen LogP contribution in [0.1, 0.15) is 28.8 Å². The molecule has 0 radical (unpaired) electrons. The van der Waals surface area contributed by atoms with E-state index in [0.717, 1.165) is 35.7 Å². The van der Waals surface area contributed by atoms with Gasteiger partial charge in [0.25, 0.3) is 0 Å². The number of Topliss-reactive ketones (excluding diaryl/α,β-unsaturated/α-hetero) is 1. The first-order valence-corrected chi connectivity index (χ1v) is 9.78. The number of ketones is 1. The van der Waals surface area contributed by atoms with Crippen LogP contribution in [-0.4, -0.2) is 35.7 Å². The Bertz CT molecular complexity index is 984. The molecule has 3 aromatic carbocycles. The van der Waals surface area contributed by atoms with Gasteiger partial charge in [-0.15, -0.1) is 0 Å². The van der Waals surface area contributed by atoms with Crippen molar-refractivity contribution in [2.45, 2.75) is 25.4 Å². The highest BCUT2D eigenvalue weighted by molar-refractivity contribution is 6.01. The number of nitrogens with one attached hydrogen (secondary N) is 1. The maximum atomic E-state index is 12.8. The number of nitrogens with zero attached hydrogens (tertiary/aromatic N) is 1. The van der Waals surface area contributed by atoms with Gasteiger partial charge in [0, 0.05) is 12.1 Å². The second-order valence-corrected chi connectivity index (χ2v) is 7.32. The third kappa shape index (κ3) is 4.12. The fourth-order valence-electron chi connectivity index (χ4n) is 3.85. The monoisotopic (exact) mass is 372 g/mol. The highest BCUT2D eigenvalue weighted by Crippen LogP contribution is 2.20. The van der Waals surface area contributed by atoms with Gasteiger partial charge in [0.15, 0.2) is 5.78 Å². The van der Waals surface area contributed by atoms with Crippen LogP contribution in [0.4, 0.5) is 0 Å². The van der Waals surface area contributed by atoms with Crippen molar-refractivity contribution in [3.8, 4) is 0 Å². The van der Waals surface area contributed by atoms with Crippen molar-refractivity contribution in [3.63, 3.8) is 0 Å². The summed E-state index contributed by atoms with van der Waals surface area (Å²) in [5, 5.41) is 5.20. The molecule has 1 saturated heterocycles. The van der Waals surface area contributed by atoms with Crippen molar-refractivity contribution in [3.05, 3.63) is 83.9 Å². The molecule has 4 rings (SSSR count). The molecular weight excluding hydrogens is 348 g/mol. The molecule has 3 aromatic rings. The average molecular weight is 372 g/mol. The number of hydrogen-bond donors (Lipinski definition) is 1. The van der Waals surface area contributed by atoms with Gasteiger partial charge in [-0.25, -0.2) is 0 Å². The van der Waals surface area contributed by atoms with E-state index in [1.807, 2.05) is 77.7 Å². The number of hydrogen-bond acceptors (Lipinski definition) is 3. The van der Waals surface area contributed by atoms with E-state index in [2.05, 4.69) is 5.32 Å². The summed E-state index contributed by atoms with van der Waals surface area (Å²) in [4.78, 5) is 27.5. The molecule has 0 saturated carbocycles. The Morgan fingerprint density at radius 2 is 1.68 bits per heavy atom. The van der Waals surface area contributed by atoms with Crippen molar-refractivity contribution in [2.24, 2.45) is 0 Å². The van der Waals surface area contributed by atoms with Crippen LogP contribution in [0, 0.1) is 0 Å². The van der Waals surface area contributed by atoms with Gasteiger partial charge >= 0.3 is 0 Å². The SMILES string of the molecule is O=C(CN1CCC[C@H]1C(=O)NCc1ccccc1)c1ccc2ccccc2c1. The number of carbonyl (C=O) groups excluding carboxylic acids is 2. The zero-order valence-corrected chi connectivity index (χ0v) is 15.8. The topological polar surface area (TPSA) is 49.4 Å². The minimum absolute atomic E-state index is 0.00710. The minimum Gasteiger partial charge on any atom is -0.351 e. The van der Waals surface area contributed by atoms with E-state index in [1.165, 1.54) is 0 Å². The third-order valence-electron chi connectivity index (χ3n) is 5.39. The maximum absolute atomic E-state index is 12.8. The fraction of sp³-hybridized carbons (Fsp3) is 0.250. The number of carbonyl (C=O) groups is 2. The molecule has 0 unspecified atom stereocenters. The minimum atomic E-state index is -0.229. The van der Waals surface area contributed by atoms with Gasteiger partial charge in [-0.2, -0.15) is 0 Å². The van der Waals surface area contributed by atoms with Crippen LogP contribution in [-0.2, 0) is 11.3 Å². The molecule has 1 aliphatic rings. The Hall–Kier alpha value is -2.98. The fourth-order valence-corrected chi connectivity index (χ4v) is 3.85. The molecule has 0 bridgehead atoms. The Balaban J connectivity index is 1.39. The number of likely N-dealkylation sites (tertiary alicyclic amines) is 1. The largest absolute Gasteiger partial charge is 0.351 e. The first-order valence-electron chi connectivity index (χ1n) is 9.78. The predicted molar refractivity (Wildman–Crippen MR) is 111 cm³/mol.